The van der Waals surface area contributed by atoms with Crippen LogP contribution in [0, 0.1) is 17.7 Å². The van der Waals surface area contributed by atoms with E-state index in [9.17, 15) is 14.0 Å². The number of carbonyl (C=O) groups is 2. The zero-order valence-corrected chi connectivity index (χ0v) is 13.3. The van der Waals surface area contributed by atoms with Gasteiger partial charge in [-0.2, -0.15) is 0 Å². The molecular weight excluding hydrogens is 323 g/mol. The van der Waals surface area contributed by atoms with Gasteiger partial charge in [-0.1, -0.05) is 48.5 Å². The summed E-state index contributed by atoms with van der Waals surface area (Å²) >= 11 is 0. The molecule has 0 atom stereocenters. The highest BCUT2D eigenvalue weighted by Crippen LogP contribution is 2.08. The van der Waals surface area contributed by atoms with E-state index in [2.05, 4.69) is 11.8 Å². The van der Waals surface area contributed by atoms with E-state index in [1.165, 1.54) is 18.2 Å². The van der Waals surface area contributed by atoms with Crippen molar-refractivity contribution in [1.29, 1.82) is 0 Å². The number of hydrogen-bond acceptors (Lipinski definition) is 4. The van der Waals surface area contributed by atoms with Gasteiger partial charge in [0.1, 0.15) is 12.4 Å². The van der Waals surface area contributed by atoms with Crippen LogP contribution >= 0.6 is 0 Å². The van der Waals surface area contributed by atoms with Crippen LogP contribution in [0.15, 0.2) is 60.7 Å². The van der Waals surface area contributed by atoms with Crippen molar-refractivity contribution in [3.8, 4) is 11.8 Å². The van der Waals surface area contributed by atoms with Crippen molar-refractivity contribution in [3.63, 3.8) is 0 Å². The molecule has 0 unspecified atom stereocenters. The van der Waals surface area contributed by atoms with E-state index in [1.807, 2.05) is 30.3 Å². The molecule has 0 radical (unpaired) electrons. The molecular formula is C20H15FO4. The Morgan fingerprint density at radius 3 is 2.48 bits per heavy atom. The van der Waals surface area contributed by atoms with Crippen LogP contribution in [-0.4, -0.2) is 18.5 Å². The van der Waals surface area contributed by atoms with Crippen LogP contribution in [0.25, 0.3) is 6.08 Å². The first-order valence-corrected chi connectivity index (χ1v) is 7.44. The van der Waals surface area contributed by atoms with Crippen molar-refractivity contribution in [2.45, 2.75) is 6.61 Å². The average molecular weight is 338 g/mol. The second-order valence-corrected chi connectivity index (χ2v) is 4.83. The molecule has 5 heteroatoms. The summed E-state index contributed by atoms with van der Waals surface area (Å²) in [5, 5.41) is 0. The minimum Gasteiger partial charge on any atom is -0.451 e. The third-order valence-corrected chi connectivity index (χ3v) is 2.99. The molecule has 0 heterocycles. The standard InChI is InChI=1S/C20H15FO4/c21-18-10-5-4-9-17(18)12-13-20(23)24-14-6-11-19(22)25-15-16-7-2-1-3-8-16/h1-5,7-10,12-13H,14-15H2/b13-12+. The Kier molecular flexibility index (Phi) is 6.95. The highest BCUT2D eigenvalue weighted by molar-refractivity contribution is 5.89. The molecule has 0 bridgehead atoms. The van der Waals surface area contributed by atoms with Crippen LogP contribution in [-0.2, 0) is 25.7 Å². The highest BCUT2D eigenvalue weighted by Gasteiger charge is 2.00. The van der Waals surface area contributed by atoms with Gasteiger partial charge in [0.05, 0.1) is 0 Å². The third kappa shape index (κ3) is 6.71. The third-order valence-electron chi connectivity index (χ3n) is 2.99. The van der Waals surface area contributed by atoms with Gasteiger partial charge in [0.2, 0.25) is 0 Å². The summed E-state index contributed by atoms with van der Waals surface area (Å²) in [5.41, 5.74) is 1.12. The second-order valence-electron chi connectivity index (χ2n) is 4.83. The Labute approximate surface area is 144 Å². The van der Waals surface area contributed by atoms with Crippen LogP contribution in [0.3, 0.4) is 0 Å². The second kappa shape index (κ2) is 9.68. The predicted octanol–water partition coefficient (Wildman–Crippen LogP) is 3.13. The van der Waals surface area contributed by atoms with Gasteiger partial charge < -0.3 is 9.47 Å². The minimum absolute atomic E-state index is 0.125. The number of halogens is 1. The van der Waals surface area contributed by atoms with E-state index < -0.39 is 17.8 Å². The maximum Gasteiger partial charge on any atom is 0.384 e. The fourth-order valence-electron chi connectivity index (χ4n) is 1.79. The number of hydrogen-bond donors (Lipinski definition) is 0. The molecule has 2 aromatic rings. The molecule has 2 rings (SSSR count). The van der Waals surface area contributed by atoms with Gasteiger partial charge >= 0.3 is 11.9 Å². The molecule has 0 aliphatic rings. The molecule has 0 saturated carbocycles. The molecule has 0 saturated heterocycles. The molecule has 0 fully saturated rings. The topological polar surface area (TPSA) is 52.6 Å². The molecule has 0 aliphatic heterocycles. The quantitative estimate of drug-likeness (QED) is 0.364. The monoisotopic (exact) mass is 338 g/mol. The summed E-state index contributed by atoms with van der Waals surface area (Å²) in [6.07, 6.45) is 2.40. The zero-order chi connectivity index (χ0) is 17.9. The first-order valence-electron chi connectivity index (χ1n) is 7.44. The molecule has 0 N–H and O–H groups in total. The van der Waals surface area contributed by atoms with Gasteiger partial charge in [-0.25, -0.2) is 14.0 Å². The summed E-state index contributed by atoms with van der Waals surface area (Å²) in [7, 11) is 0. The van der Waals surface area contributed by atoms with Crippen molar-refractivity contribution in [2.24, 2.45) is 0 Å². The molecule has 126 valence electrons. The van der Waals surface area contributed by atoms with E-state index >= 15 is 0 Å². The summed E-state index contributed by atoms with van der Waals surface area (Å²) in [5.74, 6) is 2.78. The first-order chi connectivity index (χ1) is 12.1. The smallest absolute Gasteiger partial charge is 0.384 e. The van der Waals surface area contributed by atoms with Crippen molar-refractivity contribution in [3.05, 3.63) is 77.6 Å². The Balaban J connectivity index is 1.71. The minimum atomic E-state index is -0.707. The average Bonchev–Trinajstić information content (AvgIpc) is 2.64. The van der Waals surface area contributed by atoms with Gasteiger partial charge in [0.15, 0.2) is 6.61 Å². The lowest BCUT2D eigenvalue weighted by Gasteiger charge is -2.00. The SMILES string of the molecule is O=C(C#CCOC(=O)/C=C/c1ccccc1F)OCc1ccccc1. The van der Waals surface area contributed by atoms with Crippen molar-refractivity contribution in [1.82, 2.24) is 0 Å². The lowest BCUT2D eigenvalue weighted by Crippen LogP contribution is -2.03. The van der Waals surface area contributed by atoms with Crippen LogP contribution in [0.4, 0.5) is 4.39 Å². The van der Waals surface area contributed by atoms with E-state index in [-0.39, 0.29) is 18.8 Å². The number of carbonyl (C=O) groups excluding carboxylic acids is 2. The van der Waals surface area contributed by atoms with Gasteiger partial charge in [-0.3, -0.25) is 0 Å². The highest BCUT2D eigenvalue weighted by atomic mass is 19.1. The first kappa shape index (κ1) is 18.0. The summed E-state index contributed by atoms with van der Waals surface area (Å²) in [6, 6.07) is 15.2. The lowest BCUT2D eigenvalue weighted by molar-refractivity contribution is -0.138. The van der Waals surface area contributed by atoms with Gasteiger partial charge in [-0.05, 0) is 23.6 Å². The van der Waals surface area contributed by atoms with E-state index in [1.54, 1.807) is 12.1 Å². The zero-order valence-electron chi connectivity index (χ0n) is 13.3. The summed E-state index contributed by atoms with van der Waals surface area (Å²) < 4.78 is 23.1. The molecule has 0 spiro atoms. The number of benzene rings is 2. The van der Waals surface area contributed by atoms with Gasteiger partial charge in [0.25, 0.3) is 0 Å². The van der Waals surface area contributed by atoms with Crippen molar-refractivity contribution >= 4 is 18.0 Å². The Bertz CT molecular complexity index is 816. The normalized spacial score (nSPS) is 9.96. The number of rotatable bonds is 5. The molecule has 0 aromatic heterocycles. The fraction of sp³-hybridized carbons (Fsp3) is 0.100. The number of esters is 2. The Hall–Kier alpha value is -3.39. The maximum atomic E-state index is 13.4. The van der Waals surface area contributed by atoms with Crippen LogP contribution in [0.5, 0.6) is 0 Å². The molecule has 0 aliphatic carbocycles. The van der Waals surface area contributed by atoms with Crippen LogP contribution < -0.4 is 0 Å². The molecule has 4 nitrogen and oxygen atoms in total. The largest absolute Gasteiger partial charge is 0.451 e. The van der Waals surface area contributed by atoms with Crippen molar-refractivity contribution in [2.75, 3.05) is 6.61 Å². The molecule has 25 heavy (non-hydrogen) atoms. The van der Waals surface area contributed by atoms with Crippen molar-refractivity contribution < 1.29 is 23.5 Å². The van der Waals surface area contributed by atoms with Gasteiger partial charge in [0, 0.05) is 17.6 Å². The summed E-state index contributed by atoms with van der Waals surface area (Å²) in [4.78, 5) is 22.9. The molecule has 2 aromatic carbocycles. The van der Waals surface area contributed by atoms with E-state index in [0.717, 1.165) is 11.6 Å². The van der Waals surface area contributed by atoms with Crippen LogP contribution in [0.1, 0.15) is 11.1 Å². The maximum absolute atomic E-state index is 13.4. The fourth-order valence-corrected chi connectivity index (χ4v) is 1.79. The van der Waals surface area contributed by atoms with E-state index in [0.29, 0.717) is 0 Å². The Morgan fingerprint density at radius 2 is 1.72 bits per heavy atom. The van der Waals surface area contributed by atoms with Crippen LogP contribution in [0.2, 0.25) is 0 Å². The summed E-state index contributed by atoms with van der Waals surface area (Å²) in [6.45, 7) is -0.138. The lowest BCUT2D eigenvalue weighted by atomic mass is 10.2. The predicted molar refractivity (Wildman–Crippen MR) is 90.4 cm³/mol. The van der Waals surface area contributed by atoms with E-state index in [4.69, 9.17) is 9.47 Å². The Morgan fingerprint density at radius 1 is 1.00 bits per heavy atom. The number of ether oxygens (including phenoxy) is 2. The van der Waals surface area contributed by atoms with Gasteiger partial charge in [-0.15, -0.1) is 0 Å². The molecule has 0 amide bonds.